The van der Waals surface area contributed by atoms with Crippen molar-refractivity contribution in [2.45, 2.75) is 91.0 Å². The van der Waals surface area contributed by atoms with Gasteiger partial charge in [-0.2, -0.15) is 0 Å². The Balaban J connectivity index is 2.44. The van der Waals surface area contributed by atoms with Gasteiger partial charge in [0.1, 0.15) is 6.23 Å². The molecule has 1 aromatic carbocycles. The monoisotopic (exact) mass is 345 g/mol. The van der Waals surface area contributed by atoms with Crippen LogP contribution in [0.2, 0.25) is 0 Å². The second kappa shape index (κ2) is 8.84. The Morgan fingerprint density at radius 2 is 1.72 bits per heavy atom. The Morgan fingerprint density at radius 3 is 2.20 bits per heavy atom. The van der Waals surface area contributed by atoms with Crippen LogP contribution in [-0.2, 0) is 4.74 Å². The third kappa shape index (κ3) is 4.25. The van der Waals surface area contributed by atoms with Gasteiger partial charge in [0, 0.05) is 5.56 Å². The summed E-state index contributed by atoms with van der Waals surface area (Å²) in [5.41, 5.74) is 0.570. The van der Waals surface area contributed by atoms with Crippen molar-refractivity contribution in [2.75, 3.05) is 0 Å². The van der Waals surface area contributed by atoms with E-state index in [1.165, 1.54) is 0 Å². The number of rotatable bonds is 8. The molecule has 0 N–H and O–H groups in total. The van der Waals surface area contributed by atoms with Crippen molar-refractivity contribution in [1.82, 2.24) is 4.90 Å². The van der Waals surface area contributed by atoms with Crippen LogP contribution < -0.4 is 0 Å². The molecule has 1 amide bonds. The van der Waals surface area contributed by atoms with Gasteiger partial charge in [0.15, 0.2) is 0 Å². The first-order valence-corrected chi connectivity index (χ1v) is 10.0. The number of carbonyl (C=O) groups is 1. The zero-order valence-electron chi connectivity index (χ0n) is 16.6. The first-order chi connectivity index (χ1) is 12.0. The van der Waals surface area contributed by atoms with Crippen molar-refractivity contribution < 1.29 is 9.53 Å². The standard InChI is InChI=1S/C22H35NO2/c1-6-14-22(15-7-2)19(16-17(4)5)23(20(8-3)25-22)21(24)18-12-10-9-11-13-18/h9-13,17,19-20H,6-8,14-16H2,1-5H3/t19-,20-/m0/s1. The van der Waals surface area contributed by atoms with Crippen LogP contribution in [0.15, 0.2) is 30.3 Å². The molecule has 3 nitrogen and oxygen atoms in total. The van der Waals surface area contributed by atoms with Crippen molar-refractivity contribution in [1.29, 1.82) is 0 Å². The van der Waals surface area contributed by atoms with E-state index in [-0.39, 0.29) is 23.8 Å². The summed E-state index contributed by atoms with van der Waals surface area (Å²) < 4.78 is 6.65. The second-order valence-electron chi connectivity index (χ2n) is 7.77. The lowest BCUT2D eigenvalue weighted by Crippen LogP contribution is -2.49. The second-order valence-corrected chi connectivity index (χ2v) is 7.77. The third-order valence-electron chi connectivity index (χ3n) is 5.27. The third-order valence-corrected chi connectivity index (χ3v) is 5.27. The molecule has 0 bridgehead atoms. The lowest BCUT2D eigenvalue weighted by Gasteiger charge is -2.37. The molecule has 0 aromatic heterocycles. The quantitative estimate of drug-likeness (QED) is 0.609. The van der Waals surface area contributed by atoms with E-state index in [0.717, 1.165) is 44.1 Å². The molecule has 1 heterocycles. The molecule has 1 aliphatic rings. The number of nitrogens with zero attached hydrogens (tertiary/aromatic N) is 1. The molecule has 0 saturated carbocycles. The van der Waals surface area contributed by atoms with Gasteiger partial charge in [-0.05, 0) is 43.7 Å². The van der Waals surface area contributed by atoms with Gasteiger partial charge in [0.25, 0.3) is 5.91 Å². The van der Waals surface area contributed by atoms with Crippen LogP contribution in [0.4, 0.5) is 0 Å². The fourth-order valence-electron chi connectivity index (χ4n) is 4.34. The minimum atomic E-state index is -0.196. The van der Waals surface area contributed by atoms with E-state index >= 15 is 0 Å². The van der Waals surface area contributed by atoms with Crippen LogP contribution >= 0.6 is 0 Å². The summed E-state index contributed by atoms with van der Waals surface area (Å²) in [4.78, 5) is 15.4. The predicted octanol–water partition coefficient (Wildman–Crippen LogP) is 5.65. The highest BCUT2D eigenvalue weighted by Crippen LogP contribution is 2.44. The van der Waals surface area contributed by atoms with Crippen LogP contribution in [-0.4, -0.2) is 28.7 Å². The summed E-state index contributed by atoms with van der Waals surface area (Å²) in [5, 5.41) is 0. The van der Waals surface area contributed by atoms with Gasteiger partial charge >= 0.3 is 0 Å². The van der Waals surface area contributed by atoms with Gasteiger partial charge in [-0.3, -0.25) is 4.79 Å². The van der Waals surface area contributed by atoms with E-state index in [1.54, 1.807) is 0 Å². The van der Waals surface area contributed by atoms with Gasteiger partial charge in [0.2, 0.25) is 0 Å². The van der Waals surface area contributed by atoms with E-state index in [9.17, 15) is 4.79 Å². The minimum Gasteiger partial charge on any atom is -0.350 e. The Labute approximate surface area is 153 Å². The lowest BCUT2D eigenvalue weighted by molar-refractivity contribution is -0.0690. The molecular weight excluding hydrogens is 310 g/mol. The summed E-state index contributed by atoms with van der Waals surface area (Å²) in [6, 6.07) is 9.83. The Hall–Kier alpha value is -1.35. The van der Waals surface area contributed by atoms with Crippen LogP contribution in [0, 0.1) is 5.92 Å². The largest absolute Gasteiger partial charge is 0.350 e. The fraction of sp³-hybridized carbons (Fsp3) is 0.682. The van der Waals surface area contributed by atoms with E-state index < -0.39 is 0 Å². The molecule has 25 heavy (non-hydrogen) atoms. The molecule has 1 fully saturated rings. The minimum absolute atomic E-state index is 0.116. The molecule has 1 aromatic rings. The number of amides is 1. The van der Waals surface area contributed by atoms with Crippen molar-refractivity contribution >= 4 is 5.91 Å². The average molecular weight is 346 g/mol. The summed E-state index contributed by atoms with van der Waals surface area (Å²) in [6.45, 7) is 11.0. The van der Waals surface area contributed by atoms with Gasteiger partial charge in [-0.25, -0.2) is 0 Å². The maximum absolute atomic E-state index is 13.4. The molecule has 1 aliphatic heterocycles. The molecule has 2 rings (SSSR count). The smallest absolute Gasteiger partial charge is 0.256 e. The highest BCUT2D eigenvalue weighted by atomic mass is 16.5. The highest BCUT2D eigenvalue weighted by molar-refractivity contribution is 5.94. The first kappa shape index (κ1) is 20.0. The maximum atomic E-state index is 13.4. The molecule has 0 aliphatic carbocycles. The summed E-state index contributed by atoms with van der Waals surface area (Å²) >= 11 is 0. The summed E-state index contributed by atoms with van der Waals surface area (Å²) in [7, 11) is 0. The SMILES string of the molecule is CCCC1(CCC)O[C@@H](CC)N(C(=O)c2ccccc2)[C@H]1CC(C)C. The van der Waals surface area contributed by atoms with Crippen molar-refractivity contribution in [3.05, 3.63) is 35.9 Å². The molecule has 0 spiro atoms. The number of hydrogen-bond acceptors (Lipinski definition) is 2. The number of ether oxygens (including phenoxy) is 1. The normalized spacial score (nSPS) is 22.6. The zero-order valence-corrected chi connectivity index (χ0v) is 16.6. The highest BCUT2D eigenvalue weighted by Gasteiger charge is 2.53. The average Bonchev–Trinajstić information content (AvgIpc) is 2.89. The molecule has 0 radical (unpaired) electrons. The van der Waals surface area contributed by atoms with Crippen LogP contribution in [0.3, 0.4) is 0 Å². The first-order valence-electron chi connectivity index (χ1n) is 10.0. The lowest BCUT2D eigenvalue weighted by atomic mass is 9.81. The van der Waals surface area contributed by atoms with Crippen molar-refractivity contribution in [3.63, 3.8) is 0 Å². The van der Waals surface area contributed by atoms with Gasteiger partial charge in [-0.1, -0.05) is 65.7 Å². The van der Waals surface area contributed by atoms with Gasteiger partial charge in [0.05, 0.1) is 11.6 Å². The summed E-state index contributed by atoms with van der Waals surface area (Å²) in [6.07, 6.45) is 5.92. The van der Waals surface area contributed by atoms with Crippen LogP contribution in [0.5, 0.6) is 0 Å². The zero-order chi connectivity index (χ0) is 18.4. The van der Waals surface area contributed by atoms with Crippen LogP contribution in [0.25, 0.3) is 0 Å². The van der Waals surface area contributed by atoms with Crippen molar-refractivity contribution in [2.24, 2.45) is 5.92 Å². The molecule has 3 heteroatoms. The maximum Gasteiger partial charge on any atom is 0.256 e. The molecule has 0 unspecified atom stereocenters. The number of benzene rings is 1. The topological polar surface area (TPSA) is 29.5 Å². The number of carbonyl (C=O) groups excluding carboxylic acids is 1. The van der Waals surface area contributed by atoms with E-state index in [2.05, 4.69) is 39.5 Å². The Bertz CT molecular complexity index is 534. The summed E-state index contributed by atoms with van der Waals surface area (Å²) in [5.74, 6) is 0.649. The van der Waals surface area contributed by atoms with E-state index in [4.69, 9.17) is 4.74 Å². The molecule has 2 atom stereocenters. The Kier molecular flexibility index (Phi) is 7.06. The van der Waals surface area contributed by atoms with E-state index in [0.29, 0.717) is 5.92 Å². The van der Waals surface area contributed by atoms with Crippen molar-refractivity contribution in [3.8, 4) is 0 Å². The molecule has 140 valence electrons. The predicted molar refractivity (Wildman–Crippen MR) is 104 cm³/mol. The number of hydrogen-bond donors (Lipinski definition) is 0. The van der Waals surface area contributed by atoms with Crippen LogP contribution in [0.1, 0.15) is 83.5 Å². The fourth-order valence-corrected chi connectivity index (χ4v) is 4.34. The van der Waals surface area contributed by atoms with Gasteiger partial charge in [-0.15, -0.1) is 0 Å². The molecular formula is C22H35NO2. The molecule has 1 saturated heterocycles. The van der Waals surface area contributed by atoms with Gasteiger partial charge < -0.3 is 9.64 Å². The Morgan fingerprint density at radius 1 is 1.12 bits per heavy atom. The van der Waals surface area contributed by atoms with E-state index in [1.807, 2.05) is 30.3 Å².